The molecule has 0 aliphatic heterocycles. The van der Waals surface area contributed by atoms with Crippen molar-refractivity contribution >= 4 is 34.0 Å². The van der Waals surface area contributed by atoms with Crippen molar-refractivity contribution in [3.63, 3.8) is 0 Å². The summed E-state index contributed by atoms with van der Waals surface area (Å²) in [6.45, 7) is 3.82. The van der Waals surface area contributed by atoms with Gasteiger partial charge in [-0.2, -0.15) is 13.2 Å². The molecule has 1 heterocycles. The number of nitrogens with one attached hydrogen (secondary N) is 1. The molecule has 0 amide bonds. The van der Waals surface area contributed by atoms with Crippen molar-refractivity contribution in [2.45, 2.75) is 26.1 Å². The molecular formula is C18H21F3IN3. The van der Waals surface area contributed by atoms with Crippen LogP contribution in [-0.2, 0) is 6.18 Å². The number of halogens is 4. The smallest absolute Gasteiger partial charge is 0.388 e. The maximum absolute atomic E-state index is 12.7. The summed E-state index contributed by atoms with van der Waals surface area (Å²) in [5, 5.41) is 3.07. The SMILES string of the molecule is CI.CNc1ccccc1C(=NC(C)C)c1ccc(C(F)(F)F)cn1. The molecule has 0 aliphatic rings. The van der Waals surface area contributed by atoms with E-state index in [1.807, 2.05) is 43.0 Å². The number of hydrogen-bond acceptors (Lipinski definition) is 3. The second kappa shape index (κ2) is 9.74. The number of aromatic nitrogens is 1. The second-order valence-electron chi connectivity index (χ2n) is 5.30. The Hall–Kier alpha value is -1.64. The van der Waals surface area contributed by atoms with Gasteiger partial charge >= 0.3 is 6.18 Å². The molecule has 136 valence electrons. The number of pyridine rings is 1. The third kappa shape index (κ3) is 5.98. The molecule has 0 fully saturated rings. The van der Waals surface area contributed by atoms with Crippen molar-refractivity contribution in [3.8, 4) is 0 Å². The zero-order chi connectivity index (χ0) is 19.0. The highest BCUT2D eigenvalue weighted by Gasteiger charge is 2.30. The van der Waals surface area contributed by atoms with Crippen molar-refractivity contribution in [3.05, 3.63) is 59.4 Å². The fraction of sp³-hybridized carbons (Fsp3) is 0.333. The first kappa shape index (κ1) is 21.4. The number of anilines is 1. The predicted octanol–water partition coefficient (Wildman–Crippen LogP) is 5.44. The molecule has 3 nitrogen and oxygen atoms in total. The standard InChI is InChI=1S/C17H18F3N3.CH3I/c1-11(2)23-16(13-6-4-5-7-14(13)21-3)15-9-8-12(10-22-15)17(18,19)20;1-2/h4-11,21H,1-3H3;1H3. The average Bonchev–Trinajstić information content (AvgIpc) is 2.60. The van der Waals surface area contributed by atoms with Gasteiger partial charge in [-0.25, -0.2) is 0 Å². The Balaban J connectivity index is 0.00000151. The van der Waals surface area contributed by atoms with E-state index in [4.69, 9.17) is 0 Å². The molecule has 1 N–H and O–H groups in total. The summed E-state index contributed by atoms with van der Waals surface area (Å²) >= 11 is 2.15. The lowest BCUT2D eigenvalue weighted by Gasteiger charge is -2.14. The van der Waals surface area contributed by atoms with Crippen LogP contribution in [0.15, 0.2) is 47.6 Å². The normalized spacial score (nSPS) is 11.8. The Morgan fingerprint density at radius 2 is 1.76 bits per heavy atom. The molecule has 0 radical (unpaired) electrons. The summed E-state index contributed by atoms with van der Waals surface area (Å²) in [7, 11) is 1.78. The second-order valence-corrected chi connectivity index (χ2v) is 5.30. The number of benzene rings is 1. The summed E-state index contributed by atoms with van der Waals surface area (Å²) in [5.74, 6) is 0. The molecule has 0 saturated heterocycles. The van der Waals surface area contributed by atoms with E-state index in [1.165, 1.54) is 6.07 Å². The van der Waals surface area contributed by atoms with Gasteiger partial charge in [-0.15, -0.1) is 0 Å². The van der Waals surface area contributed by atoms with E-state index >= 15 is 0 Å². The summed E-state index contributed by atoms with van der Waals surface area (Å²) in [4.78, 5) is 10.5. The molecule has 0 unspecified atom stereocenters. The van der Waals surface area contributed by atoms with Gasteiger partial charge in [0.1, 0.15) is 0 Å². The van der Waals surface area contributed by atoms with E-state index in [2.05, 4.69) is 37.9 Å². The van der Waals surface area contributed by atoms with E-state index in [9.17, 15) is 13.2 Å². The molecule has 0 saturated carbocycles. The first-order chi connectivity index (χ1) is 11.8. The molecule has 2 rings (SSSR count). The lowest BCUT2D eigenvalue weighted by Crippen LogP contribution is -2.13. The Bertz CT molecular complexity index is 695. The van der Waals surface area contributed by atoms with E-state index in [1.54, 1.807) is 7.05 Å². The van der Waals surface area contributed by atoms with Crippen LogP contribution in [0.5, 0.6) is 0 Å². The highest BCUT2D eigenvalue weighted by molar-refractivity contribution is 14.1. The molecule has 1 aromatic carbocycles. The fourth-order valence-electron chi connectivity index (χ4n) is 2.14. The van der Waals surface area contributed by atoms with Gasteiger partial charge in [0.25, 0.3) is 0 Å². The molecule has 1 aromatic heterocycles. The summed E-state index contributed by atoms with van der Waals surface area (Å²) in [6, 6.07) is 9.86. The maximum atomic E-state index is 12.7. The van der Waals surface area contributed by atoms with Crippen LogP contribution in [0.2, 0.25) is 0 Å². The molecule has 0 spiro atoms. The fourth-order valence-corrected chi connectivity index (χ4v) is 2.14. The minimum atomic E-state index is -4.40. The Morgan fingerprint density at radius 3 is 2.24 bits per heavy atom. The van der Waals surface area contributed by atoms with Gasteiger partial charge in [0, 0.05) is 30.5 Å². The Kier molecular flexibility index (Phi) is 8.34. The molecule has 0 bridgehead atoms. The number of aliphatic imine (C=N–C) groups is 1. The Labute approximate surface area is 159 Å². The minimum Gasteiger partial charge on any atom is -0.388 e. The molecule has 7 heteroatoms. The first-order valence-electron chi connectivity index (χ1n) is 7.59. The monoisotopic (exact) mass is 463 g/mol. The van der Waals surface area contributed by atoms with Crippen LogP contribution < -0.4 is 5.32 Å². The van der Waals surface area contributed by atoms with Gasteiger partial charge in [0.15, 0.2) is 0 Å². The van der Waals surface area contributed by atoms with Crippen molar-refractivity contribution < 1.29 is 13.2 Å². The van der Waals surface area contributed by atoms with Crippen LogP contribution in [0.1, 0.15) is 30.7 Å². The molecule has 0 aliphatic carbocycles. The van der Waals surface area contributed by atoms with E-state index in [0.717, 1.165) is 23.5 Å². The van der Waals surface area contributed by atoms with Gasteiger partial charge in [0.2, 0.25) is 0 Å². The van der Waals surface area contributed by atoms with Crippen LogP contribution in [0, 0.1) is 0 Å². The lowest BCUT2D eigenvalue weighted by atomic mass is 10.0. The zero-order valence-electron chi connectivity index (χ0n) is 14.5. The van der Waals surface area contributed by atoms with Crippen LogP contribution in [0.4, 0.5) is 18.9 Å². The minimum absolute atomic E-state index is 0.0148. The van der Waals surface area contributed by atoms with E-state index in [0.29, 0.717) is 11.4 Å². The van der Waals surface area contributed by atoms with Crippen molar-refractivity contribution in [2.24, 2.45) is 4.99 Å². The van der Waals surface area contributed by atoms with Gasteiger partial charge in [0.05, 0.1) is 17.0 Å². The third-order valence-electron chi connectivity index (χ3n) is 3.17. The number of hydrogen-bond donors (Lipinski definition) is 1. The van der Waals surface area contributed by atoms with Crippen molar-refractivity contribution in [2.75, 3.05) is 17.3 Å². The number of para-hydroxylation sites is 1. The topological polar surface area (TPSA) is 37.3 Å². The predicted molar refractivity (Wildman–Crippen MR) is 106 cm³/mol. The maximum Gasteiger partial charge on any atom is 0.417 e. The van der Waals surface area contributed by atoms with Crippen LogP contribution in [-0.4, -0.2) is 28.7 Å². The number of nitrogens with zero attached hydrogens (tertiary/aromatic N) is 2. The average molecular weight is 463 g/mol. The van der Waals surface area contributed by atoms with Crippen molar-refractivity contribution in [1.82, 2.24) is 4.98 Å². The lowest BCUT2D eigenvalue weighted by molar-refractivity contribution is -0.137. The highest BCUT2D eigenvalue weighted by atomic mass is 127. The highest BCUT2D eigenvalue weighted by Crippen LogP contribution is 2.29. The molecule has 2 aromatic rings. The Morgan fingerprint density at radius 1 is 1.12 bits per heavy atom. The largest absolute Gasteiger partial charge is 0.417 e. The number of alkyl halides is 4. The van der Waals surface area contributed by atoms with Gasteiger partial charge in [-0.1, -0.05) is 40.8 Å². The van der Waals surface area contributed by atoms with Crippen molar-refractivity contribution in [1.29, 1.82) is 0 Å². The van der Waals surface area contributed by atoms with Gasteiger partial charge in [-0.05, 0) is 37.0 Å². The first-order valence-corrected chi connectivity index (χ1v) is 9.75. The van der Waals surface area contributed by atoms with Crippen LogP contribution in [0.25, 0.3) is 0 Å². The van der Waals surface area contributed by atoms with E-state index < -0.39 is 11.7 Å². The van der Waals surface area contributed by atoms with E-state index in [-0.39, 0.29) is 6.04 Å². The van der Waals surface area contributed by atoms with Gasteiger partial charge in [-0.3, -0.25) is 9.98 Å². The zero-order valence-corrected chi connectivity index (χ0v) is 16.7. The van der Waals surface area contributed by atoms with Crippen LogP contribution >= 0.6 is 22.6 Å². The summed E-state index contributed by atoms with van der Waals surface area (Å²) in [6.07, 6.45) is -3.56. The quantitative estimate of drug-likeness (QED) is 0.373. The van der Waals surface area contributed by atoms with Gasteiger partial charge < -0.3 is 5.32 Å². The summed E-state index contributed by atoms with van der Waals surface area (Å²) < 4.78 is 38.1. The molecular weight excluding hydrogens is 442 g/mol. The van der Waals surface area contributed by atoms with Crippen LogP contribution in [0.3, 0.4) is 0 Å². The molecule has 0 atom stereocenters. The molecule has 25 heavy (non-hydrogen) atoms. The third-order valence-corrected chi connectivity index (χ3v) is 3.17. The number of rotatable bonds is 4. The summed E-state index contributed by atoms with van der Waals surface area (Å²) in [5.41, 5.74) is 1.85.